The summed E-state index contributed by atoms with van der Waals surface area (Å²) in [4.78, 5) is 57.2. The summed E-state index contributed by atoms with van der Waals surface area (Å²) in [6.45, 7) is 11.1. The Morgan fingerprint density at radius 2 is 1.51 bits per heavy atom. The van der Waals surface area contributed by atoms with Gasteiger partial charge in [-0.1, -0.05) is 12.1 Å². The van der Waals surface area contributed by atoms with Crippen LogP contribution in [0.5, 0.6) is 0 Å². The number of carbonyl (C=O) groups is 4. The topological polar surface area (TPSA) is 108 Å². The maximum atomic E-state index is 13.8. The quantitative estimate of drug-likeness (QED) is 0.508. The molecule has 1 atom stereocenters. The molecule has 3 rings (SSSR count). The molecule has 2 aromatic rings. The molecule has 222 valence electrons. The Labute approximate surface area is 242 Å². The van der Waals surface area contributed by atoms with Crippen molar-refractivity contribution >= 4 is 35.3 Å². The fraction of sp³-hybridized carbons (Fsp3) is 0.484. The highest BCUT2D eigenvalue weighted by Crippen LogP contribution is 2.37. The van der Waals surface area contributed by atoms with E-state index in [1.165, 1.54) is 4.90 Å². The molecular weight excluding hydrogens is 524 g/mol. The third kappa shape index (κ3) is 8.29. The number of ether oxygens (including phenoxy) is 2. The molecular formula is C31H42N4O6. The van der Waals surface area contributed by atoms with Crippen LogP contribution in [0, 0.1) is 0 Å². The molecule has 1 aliphatic rings. The maximum Gasteiger partial charge on any atom is 0.411 e. The Bertz CT molecular complexity index is 1290. The largest absolute Gasteiger partial charge is 0.456 e. The zero-order chi connectivity index (χ0) is 30.7. The molecule has 0 aliphatic carbocycles. The van der Waals surface area contributed by atoms with Crippen LogP contribution in [0.1, 0.15) is 69.1 Å². The summed E-state index contributed by atoms with van der Waals surface area (Å²) in [6, 6.07) is 10.8. The molecule has 1 unspecified atom stereocenters. The first-order valence-corrected chi connectivity index (χ1v) is 13.6. The molecule has 0 bridgehead atoms. The average Bonchev–Trinajstić information content (AvgIpc) is 2.85. The number of benzene rings is 2. The first-order chi connectivity index (χ1) is 19.0. The third-order valence-electron chi connectivity index (χ3n) is 6.25. The number of amides is 3. The summed E-state index contributed by atoms with van der Waals surface area (Å²) in [5.74, 6) is -1.00. The average molecular weight is 567 g/mol. The third-order valence-corrected chi connectivity index (χ3v) is 6.25. The van der Waals surface area contributed by atoms with Crippen molar-refractivity contribution in [2.75, 3.05) is 44.4 Å². The number of nitrogens with zero attached hydrogens (tertiary/aromatic N) is 3. The molecule has 0 fully saturated rings. The Hall–Kier alpha value is -3.92. The van der Waals surface area contributed by atoms with Crippen LogP contribution in [0.25, 0.3) is 0 Å². The van der Waals surface area contributed by atoms with E-state index >= 15 is 0 Å². The van der Waals surface area contributed by atoms with E-state index in [0.717, 1.165) is 5.56 Å². The lowest BCUT2D eigenvalue weighted by atomic mass is 9.90. The van der Waals surface area contributed by atoms with E-state index in [2.05, 4.69) is 5.32 Å². The fourth-order valence-electron chi connectivity index (χ4n) is 4.51. The molecule has 0 spiro atoms. The predicted molar refractivity (Wildman–Crippen MR) is 158 cm³/mol. The van der Waals surface area contributed by atoms with Gasteiger partial charge in [0.2, 0.25) is 5.91 Å². The van der Waals surface area contributed by atoms with E-state index in [9.17, 15) is 19.2 Å². The highest BCUT2D eigenvalue weighted by atomic mass is 16.6. The highest BCUT2D eigenvalue weighted by molar-refractivity contribution is 6.00. The second-order valence-corrected chi connectivity index (χ2v) is 12.4. The number of anilines is 2. The Morgan fingerprint density at radius 3 is 2.07 bits per heavy atom. The molecule has 41 heavy (non-hydrogen) atoms. The minimum atomic E-state index is -1.00. The molecule has 3 amide bonds. The zero-order valence-electron chi connectivity index (χ0n) is 25.5. The van der Waals surface area contributed by atoms with Gasteiger partial charge in [0.25, 0.3) is 5.91 Å². The summed E-state index contributed by atoms with van der Waals surface area (Å²) >= 11 is 0. The van der Waals surface area contributed by atoms with Gasteiger partial charge in [0.1, 0.15) is 17.2 Å². The minimum absolute atomic E-state index is 0.0935. The lowest BCUT2D eigenvalue weighted by Crippen LogP contribution is -2.47. The summed E-state index contributed by atoms with van der Waals surface area (Å²) < 4.78 is 11.1. The predicted octanol–water partition coefficient (Wildman–Crippen LogP) is 4.64. The number of fused-ring (bicyclic) bond motifs is 1. The van der Waals surface area contributed by atoms with Gasteiger partial charge in [-0.15, -0.1) is 0 Å². The maximum absolute atomic E-state index is 13.8. The number of rotatable bonds is 6. The molecule has 0 radical (unpaired) electrons. The van der Waals surface area contributed by atoms with Gasteiger partial charge in [0.15, 0.2) is 0 Å². The van der Waals surface area contributed by atoms with E-state index in [0.29, 0.717) is 28.9 Å². The molecule has 10 nitrogen and oxygen atoms in total. The normalized spacial score (nSPS) is 15.2. The second kappa shape index (κ2) is 12.3. The number of likely N-dealkylation sites (N-methyl/N-ethyl adjacent to an activating group) is 2. The van der Waals surface area contributed by atoms with Gasteiger partial charge in [-0.05, 0) is 104 Å². The van der Waals surface area contributed by atoms with Crippen molar-refractivity contribution in [2.45, 2.75) is 65.2 Å². The second-order valence-electron chi connectivity index (χ2n) is 12.4. The van der Waals surface area contributed by atoms with E-state index in [1.807, 2.05) is 20.2 Å². The molecule has 0 aromatic heterocycles. The number of carbonyl (C=O) groups excluding carboxylic acids is 4. The van der Waals surface area contributed by atoms with Crippen molar-refractivity contribution in [1.29, 1.82) is 0 Å². The van der Waals surface area contributed by atoms with Gasteiger partial charge in [0.05, 0.1) is 12.1 Å². The van der Waals surface area contributed by atoms with E-state index < -0.39 is 35.2 Å². The molecule has 1 aliphatic heterocycles. The minimum Gasteiger partial charge on any atom is -0.456 e. The fourth-order valence-corrected chi connectivity index (χ4v) is 4.51. The van der Waals surface area contributed by atoms with Gasteiger partial charge < -0.3 is 24.6 Å². The summed E-state index contributed by atoms with van der Waals surface area (Å²) in [5, 5.41) is 2.88. The Balaban J connectivity index is 1.96. The summed E-state index contributed by atoms with van der Waals surface area (Å²) in [5.41, 5.74) is 1.55. The number of esters is 1. The van der Waals surface area contributed by atoms with E-state index in [1.54, 1.807) is 94.8 Å². The molecule has 1 heterocycles. The van der Waals surface area contributed by atoms with Crippen LogP contribution in [0.2, 0.25) is 0 Å². The van der Waals surface area contributed by atoms with Gasteiger partial charge in [-0.2, -0.15) is 0 Å². The number of hydrogen-bond acceptors (Lipinski definition) is 7. The Kier molecular flexibility index (Phi) is 9.48. The van der Waals surface area contributed by atoms with Crippen LogP contribution in [-0.4, -0.2) is 79.1 Å². The van der Waals surface area contributed by atoms with Crippen molar-refractivity contribution in [3.05, 3.63) is 59.2 Å². The monoisotopic (exact) mass is 566 g/mol. The Morgan fingerprint density at radius 1 is 0.902 bits per heavy atom. The highest BCUT2D eigenvalue weighted by Gasteiger charge is 2.39. The van der Waals surface area contributed by atoms with Crippen molar-refractivity contribution in [1.82, 2.24) is 9.80 Å². The molecule has 10 heteroatoms. The van der Waals surface area contributed by atoms with Crippen LogP contribution in [-0.2, 0) is 25.5 Å². The molecule has 0 saturated carbocycles. The standard InChI is InChI=1S/C31H42N4O6/c1-30(2,3)40-28(38)20-13-15-21(16-14-20)32-27(37)26-23-11-10-12-24(34(9)25(36)19-33(7)8)22(23)17-18-35(26)29(39)41-31(4,5)6/h10-16,26H,17-19H2,1-9H3,(H,32,37). The van der Waals surface area contributed by atoms with Gasteiger partial charge in [0, 0.05) is 25.0 Å². The number of nitrogens with one attached hydrogen (secondary N) is 1. The SMILES string of the molecule is CN(C)CC(=O)N(C)c1cccc2c1CCN(C(=O)OC(C)(C)C)C2C(=O)Nc1ccc(C(=O)OC(C)(C)C)cc1. The molecule has 2 aromatic carbocycles. The number of hydrogen-bond donors (Lipinski definition) is 1. The van der Waals surface area contributed by atoms with E-state index in [-0.39, 0.29) is 19.0 Å². The van der Waals surface area contributed by atoms with Crippen molar-refractivity contribution in [3.8, 4) is 0 Å². The van der Waals surface area contributed by atoms with E-state index in [4.69, 9.17) is 9.47 Å². The zero-order valence-corrected chi connectivity index (χ0v) is 25.5. The molecule has 1 N–H and O–H groups in total. The molecule has 0 saturated heterocycles. The summed E-state index contributed by atoms with van der Waals surface area (Å²) in [6.07, 6.45) is -0.162. The van der Waals surface area contributed by atoms with Gasteiger partial charge in [-0.3, -0.25) is 14.5 Å². The van der Waals surface area contributed by atoms with Crippen molar-refractivity contribution in [3.63, 3.8) is 0 Å². The van der Waals surface area contributed by atoms with Crippen molar-refractivity contribution < 1.29 is 28.7 Å². The lowest BCUT2D eigenvalue weighted by Gasteiger charge is -2.38. The van der Waals surface area contributed by atoms with Crippen LogP contribution < -0.4 is 10.2 Å². The first kappa shape index (κ1) is 31.6. The van der Waals surface area contributed by atoms with Gasteiger partial charge in [-0.25, -0.2) is 9.59 Å². The summed E-state index contributed by atoms with van der Waals surface area (Å²) in [7, 11) is 5.36. The lowest BCUT2D eigenvalue weighted by molar-refractivity contribution is -0.122. The smallest absolute Gasteiger partial charge is 0.411 e. The van der Waals surface area contributed by atoms with Crippen LogP contribution >= 0.6 is 0 Å². The van der Waals surface area contributed by atoms with Crippen LogP contribution in [0.3, 0.4) is 0 Å². The van der Waals surface area contributed by atoms with Crippen LogP contribution in [0.15, 0.2) is 42.5 Å². The first-order valence-electron chi connectivity index (χ1n) is 13.6. The van der Waals surface area contributed by atoms with Crippen molar-refractivity contribution in [2.24, 2.45) is 0 Å². The van der Waals surface area contributed by atoms with Gasteiger partial charge >= 0.3 is 12.1 Å². The van der Waals surface area contributed by atoms with Crippen LogP contribution in [0.4, 0.5) is 16.2 Å².